The highest BCUT2D eigenvalue weighted by molar-refractivity contribution is 7.91. The van der Waals surface area contributed by atoms with E-state index in [4.69, 9.17) is 0 Å². The van der Waals surface area contributed by atoms with Crippen molar-refractivity contribution in [2.45, 2.75) is 23.6 Å². The van der Waals surface area contributed by atoms with Crippen LogP contribution in [0.3, 0.4) is 0 Å². The number of phenolic OH excluding ortho intramolecular Hbond substituents is 2. The number of sulfone groups is 1. The van der Waals surface area contributed by atoms with Crippen molar-refractivity contribution < 1.29 is 18.6 Å². The van der Waals surface area contributed by atoms with Gasteiger partial charge in [0.25, 0.3) is 0 Å². The van der Waals surface area contributed by atoms with E-state index in [0.29, 0.717) is 11.1 Å². The van der Waals surface area contributed by atoms with Crippen molar-refractivity contribution in [2.24, 2.45) is 0 Å². The molecule has 0 atom stereocenters. The van der Waals surface area contributed by atoms with Gasteiger partial charge < -0.3 is 10.2 Å². The average Bonchev–Trinajstić information content (AvgIpc) is 2.31. The highest BCUT2D eigenvalue weighted by atomic mass is 32.2. The van der Waals surface area contributed by atoms with Crippen molar-refractivity contribution in [1.29, 1.82) is 0 Å². The molecule has 100 valence electrons. The SMILES string of the molecule is Cc1cc(O)cc(S(=O)(=O)c2cccc(C)c2O)c1. The van der Waals surface area contributed by atoms with E-state index < -0.39 is 9.84 Å². The zero-order chi connectivity index (χ0) is 14.2. The lowest BCUT2D eigenvalue weighted by molar-refractivity contribution is 0.454. The summed E-state index contributed by atoms with van der Waals surface area (Å²) in [5.74, 6) is -0.380. The van der Waals surface area contributed by atoms with Gasteiger partial charge in [-0.3, -0.25) is 0 Å². The van der Waals surface area contributed by atoms with Crippen LogP contribution in [-0.4, -0.2) is 18.6 Å². The van der Waals surface area contributed by atoms with Crippen molar-refractivity contribution in [3.8, 4) is 11.5 Å². The van der Waals surface area contributed by atoms with Crippen LogP contribution >= 0.6 is 0 Å². The summed E-state index contributed by atoms with van der Waals surface area (Å²) < 4.78 is 24.9. The fourth-order valence-corrected chi connectivity index (χ4v) is 3.40. The molecule has 0 amide bonds. The Labute approximate surface area is 111 Å². The van der Waals surface area contributed by atoms with Crippen LogP contribution in [0.5, 0.6) is 11.5 Å². The van der Waals surface area contributed by atoms with Crippen LogP contribution in [-0.2, 0) is 9.84 Å². The first-order chi connectivity index (χ1) is 8.82. The Bertz CT molecular complexity index is 713. The number of hydrogen-bond donors (Lipinski definition) is 2. The van der Waals surface area contributed by atoms with Crippen LogP contribution in [0.4, 0.5) is 0 Å². The number of phenols is 2. The lowest BCUT2D eigenvalue weighted by Crippen LogP contribution is -2.03. The van der Waals surface area contributed by atoms with Gasteiger partial charge in [-0.25, -0.2) is 8.42 Å². The highest BCUT2D eigenvalue weighted by Crippen LogP contribution is 2.32. The fourth-order valence-electron chi connectivity index (χ4n) is 1.86. The zero-order valence-electron chi connectivity index (χ0n) is 10.6. The average molecular weight is 278 g/mol. The number of para-hydroxylation sites is 1. The van der Waals surface area contributed by atoms with Gasteiger partial charge in [0.2, 0.25) is 9.84 Å². The second-order valence-corrected chi connectivity index (χ2v) is 6.35. The van der Waals surface area contributed by atoms with Gasteiger partial charge in [-0.05, 0) is 49.2 Å². The Morgan fingerprint density at radius 2 is 1.68 bits per heavy atom. The van der Waals surface area contributed by atoms with E-state index in [1.54, 1.807) is 26.0 Å². The number of hydrogen-bond acceptors (Lipinski definition) is 4. The van der Waals surface area contributed by atoms with Gasteiger partial charge in [-0.1, -0.05) is 12.1 Å². The second kappa shape index (κ2) is 4.59. The Hall–Kier alpha value is -2.01. The molecule has 19 heavy (non-hydrogen) atoms. The number of rotatable bonds is 2. The van der Waals surface area contributed by atoms with Crippen LogP contribution in [0, 0.1) is 13.8 Å². The summed E-state index contributed by atoms with van der Waals surface area (Å²) in [4.78, 5) is -0.191. The first-order valence-electron chi connectivity index (χ1n) is 5.66. The van der Waals surface area contributed by atoms with Gasteiger partial charge in [-0.2, -0.15) is 0 Å². The lowest BCUT2D eigenvalue weighted by Gasteiger charge is -2.09. The molecule has 0 saturated carbocycles. The molecule has 0 heterocycles. The minimum Gasteiger partial charge on any atom is -0.508 e. The van der Waals surface area contributed by atoms with E-state index in [9.17, 15) is 18.6 Å². The topological polar surface area (TPSA) is 74.6 Å². The third kappa shape index (κ3) is 2.42. The third-order valence-electron chi connectivity index (χ3n) is 2.84. The third-order valence-corrected chi connectivity index (χ3v) is 4.60. The van der Waals surface area contributed by atoms with Crippen molar-refractivity contribution in [3.05, 3.63) is 47.5 Å². The van der Waals surface area contributed by atoms with E-state index in [2.05, 4.69) is 0 Å². The first-order valence-corrected chi connectivity index (χ1v) is 7.15. The fraction of sp³-hybridized carbons (Fsp3) is 0.143. The molecule has 0 saturated heterocycles. The lowest BCUT2D eigenvalue weighted by atomic mass is 10.2. The van der Waals surface area contributed by atoms with E-state index in [0.717, 1.165) is 0 Å². The summed E-state index contributed by atoms with van der Waals surface area (Å²) in [7, 11) is -3.85. The van der Waals surface area contributed by atoms with Crippen LogP contribution in [0.15, 0.2) is 46.2 Å². The Balaban J connectivity index is 2.69. The predicted molar refractivity (Wildman–Crippen MR) is 71.1 cm³/mol. The molecule has 2 aromatic rings. The molecule has 2 rings (SSSR count). The first kappa shape index (κ1) is 13.4. The van der Waals surface area contributed by atoms with Crippen LogP contribution in [0.1, 0.15) is 11.1 Å². The maximum absolute atomic E-state index is 12.4. The van der Waals surface area contributed by atoms with Gasteiger partial charge >= 0.3 is 0 Å². The summed E-state index contributed by atoms with van der Waals surface area (Å²) in [6, 6.07) is 8.63. The monoisotopic (exact) mass is 278 g/mol. The van der Waals surface area contributed by atoms with Crippen molar-refractivity contribution in [3.63, 3.8) is 0 Å². The van der Waals surface area contributed by atoms with Crippen LogP contribution in [0.2, 0.25) is 0 Å². The molecule has 5 heteroatoms. The molecule has 0 bridgehead atoms. The Morgan fingerprint density at radius 3 is 2.32 bits per heavy atom. The maximum Gasteiger partial charge on any atom is 0.210 e. The minimum absolute atomic E-state index is 0.0362. The van der Waals surface area contributed by atoms with Crippen molar-refractivity contribution in [1.82, 2.24) is 0 Å². The van der Waals surface area contributed by atoms with Gasteiger partial charge in [0, 0.05) is 0 Å². The van der Waals surface area contributed by atoms with Gasteiger partial charge in [0.15, 0.2) is 0 Å². The molecule has 2 aromatic carbocycles. The van der Waals surface area contributed by atoms with Crippen molar-refractivity contribution in [2.75, 3.05) is 0 Å². The molecule has 0 unspecified atom stereocenters. The molecule has 0 fully saturated rings. The minimum atomic E-state index is -3.85. The molecule has 2 N–H and O–H groups in total. The second-order valence-electron chi connectivity index (χ2n) is 4.43. The molecular formula is C14H14O4S. The molecule has 0 aliphatic rings. The van der Waals surface area contributed by atoms with Crippen LogP contribution < -0.4 is 0 Å². The number of aromatic hydroxyl groups is 2. The Morgan fingerprint density at radius 1 is 1.00 bits per heavy atom. The number of aryl methyl sites for hydroxylation is 2. The molecular weight excluding hydrogens is 264 g/mol. The predicted octanol–water partition coefficient (Wildman–Crippen LogP) is 2.55. The van der Waals surface area contributed by atoms with E-state index in [1.165, 1.54) is 24.3 Å². The van der Waals surface area contributed by atoms with Crippen molar-refractivity contribution >= 4 is 9.84 Å². The van der Waals surface area contributed by atoms with Crippen LogP contribution in [0.25, 0.3) is 0 Å². The molecule has 0 aliphatic heterocycles. The smallest absolute Gasteiger partial charge is 0.210 e. The summed E-state index contributed by atoms with van der Waals surface area (Å²) >= 11 is 0. The van der Waals surface area contributed by atoms with Gasteiger partial charge in [0.1, 0.15) is 16.4 Å². The highest BCUT2D eigenvalue weighted by Gasteiger charge is 2.23. The normalized spacial score (nSPS) is 11.5. The van der Waals surface area contributed by atoms with Gasteiger partial charge in [-0.15, -0.1) is 0 Å². The molecule has 0 aliphatic carbocycles. The summed E-state index contributed by atoms with van der Waals surface area (Å²) in [6.07, 6.45) is 0. The molecule has 4 nitrogen and oxygen atoms in total. The quantitative estimate of drug-likeness (QED) is 0.885. The standard InChI is InChI=1S/C14H14O4S/c1-9-6-11(15)8-12(7-9)19(17,18)13-5-3-4-10(2)14(13)16/h3-8,15-16H,1-2H3. The Kier molecular flexibility index (Phi) is 3.24. The molecule has 0 radical (unpaired) electrons. The van der Waals surface area contributed by atoms with E-state index in [-0.39, 0.29) is 21.3 Å². The summed E-state index contributed by atoms with van der Waals surface area (Å²) in [5.41, 5.74) is 1.11. The summed E-state index contributed by atoms with van der Waals surface area (Å²) in [6.45, 7) is 3.32. The molecule has 0 aromatic heterocycles. The van der Waals surface area contributed by atoms with E-state index in [1.807, 2.05) is 0 Å². The zero-order valence-corrected chi connectivity index (χ0v) is 11.4. The summed E-state index contributed by atoms with van der Waals surface area (Å²) in [5, 5.41) is 19.4. The van der Waals surface area contributed by atoms with E-state index >= 15 is 0 Å². The molecule has 0 spiro atoms. The van der Waals surface area contributed by atoms with Gasteiger partial charge in [0.05, 0.1) is 4.90 Å². The maximum atomic E-state index is 12.4. The largest absolute Gasteiger partial charge is 0.508 e. The number of benzene rings is 2.